The topological polar surface area (TPSA) is 88.5 Å². The first-order valence-electron chi connectivity index (χ1n) is 8.69. The number of aryl methyl sites for hydroxylation is 1. The van der Waals surface area contributed by atoms with Crippen molar-refractivity contribution in [2.45, 2.75) is 45.3 Å². The van der Waals surface area contributed by atoms with Crippen molar-refractivity contribution in [3.05, 3.63) is 45.9 Å². The third-order valence-corrected chi connectivity index (χ3v) is 5.41. The van der Waals surface area contributed by atoms with Crippen molar-refractivity contribution >= 4 is 23.2 Å². The highest BCUT2D eigenvalue weighted by molar-refractivity contribution is 7.09. The quantitative estimate of drug-likeness (QED) is 0.809. The Morgan fingerprint density at radius 1 is 1.27 bits per heavy atom. The van der Waals surface area contributed by atoms with E-state index in [0.717, 1.165) is 10.7 Å². The van der Waals surface area contributed by atoms with Crippen LogP contribution >= 0.6 is 11.3 Å². The van der Waals surface area contributed by atoms with Crippen LogP contribution in [0.3, 0.4) is 0 Å². The van der Waals surface area contributed by atoms with E-state index in [4.69, 9.17) is 9.84 Å². The zero-order valence-corrected chi connectivity index (χ0v) is 15.4. The van der Waals surface area contributed by atoms with Crippen LogP contribution in [0.5, 0.6) is 5.75 Å². The van der Waals surface area contributed by atoms with E-state index in [1.54, 1.807) is 29.5 Å². The van der Waals surface area contributed by atoms with Crippen molar-refractivity contribution in [1.29, 1.82) is 0 Å². The number of amides is 1. The normalized spacial score (nSPS) is 19.7. The summed E-state index contributed by atoms with van der Waals surface area (Å²) in [6.07, 6.45) is 2.57. The Morgan fingerprint density at radius 2 is 2.00 bits per heavy atom. The van der Waals surface area contributed by atoms with Gasteiger partial charge in [0.25, 0.3) is 5.91 Å². The summed E-state index contributed by atoms with van der Waals surface area (Å²) in [6.45, 7) is 2.26. The Hall–Kier alpha value is -2.41. The molecule has 2 N–H and O–H groups in total. The number of para-hydroxylation sites is 1. The van der Waals surface area contributed by atoms with E-state index in [9.17, 15) is 9.59 Å². The minimum atomic E-state index is -0.745. The molecule has 0 aliphatic heterocycles. The zero-order chi connectivity index (χ0) is 18.5. The number of aliphatic carboxylic acids is 1. The maximum absolute atomic E-state index is 12.6. The number of rotatable bonds is 6. The summed E-state index contributed by atoms with van der Waals surface area (Å²) in [5, 5.41) is 15.0. The average Bonchev–Trinajstić information content (AvgIpc) is 3.06. The molecule has 138 valence electrons. The standard InChI is InChI=1S/C19H22N2O4S/c1-12-20-15(11-26-12)10-25-17-5-3-2-4-16(17)18(22)21-14-8-6-13(7-9-14)19(23)24/h2-5,11,13-14H,6-10H2,1H3,(H,21,22)(H,23,24). The van der Waals surface area contributed by atoms with Gasteiger partial charge in [0, 0.05) is 11.4 Å². The number of thiazole rings is 1. The predicted octanol–water partition coefficient (Wildman–Crippen LogP) is 3.40. The highest BCUT2D eigenvalue weighted by atomic mass is 32.1. The lowest BCUT2D eigenvalue weighted by Gasteiger charge is -2.27. The maximum atomic E-state index is 12.6. The lowest BCUT2D eigenvalue weighted by Crippen LogP contribution is -2.38. The largest absolute Gasteiger partial charge is 0.486 e. The second kappa shape index (κ2) is 8.31. The molecule has 1 saturated carbocycles. The fraction of sp³-hybridized carbons (Fsp3) is 0.421. The van der Waals surface area contributed by atoms with E-state index >= 15 is 0 Å². The van der Waals surface area contributed by atoms with Gasteiger partial charge in [-0.25, -0.2) is 4.98 Å². The molecular formula is C19H22N2O4S. The molecule has 1 aromatic heterocycles. The van der Waals surface area contributed by atoms with E-state index in [1.165, 1.54) is 0 Å². The minimum absolute atomic E-state index is 0.00680. The van der Waals surface area contributed by atoms with Crippen molar-refractivity contribution in [2.24, 2.45) is 5.92 Å². The molecule has 1 amide bonds. The van der Waals surface area contributed by atoms with Crippen LogP contribution in [0, 0.1) is 12.8 Å². The molecule has 0 radical (unpaired) electrons. The van der Waals surface area contributed by atoms with Gasteiger partial charge in [-0.3, -0.25) is 9.59 Å². The van der Waals surface area contributed by atoms with Gasteiger partial charge < -0.3 is 15.2 Å². The number of carbonyl (C=O) groups is 2. The van der Waals surface area contributed by atoms with Gasteiger partial charge in [-0.2, -0.15) is 0 Å². The van der Waals surface area contributed by atoms with Gasteiger partial charge in [0.1, 0.15) is 12.4 Å². The van der Waals surface area contributed by atoms with Crippen LogP contribution in [0.1, 0.15) is 46.7 Å². The van der Waals surface area contributed by atoms with E-state index in [1.807, 2.05) is 18.4 Å². The minimum Gasteiger partial charge on any atom is -0.486 e. The predicted molar refractivity (Wildman–Crippen MR) is 98.5 cm³/mol. The van der Waals surface area contributed by atoms with Crippen molar-refractivity contribution in [2.75, 3.05) is 0 Å². The Kier molecular flexibility index (Phi) is 5.88. The van der Waals surface area contributed by atoms with Gasteiger partial charge in [-0.15, -0.1) is 11.3 Å². The summed E-state index contributed by atoms with van der Waals surface area (Å²) in [4.78, 5) is 28.0. The number of hydrogen-bond acceptors (Lipinski definition) is 5. The second-order valence-electron chi connectivity index (χ2n) is 6.50. The third kappa shape index (κ3) is 4.60. The molecular weight excluding hydrogens is 352 g/mol. The first-order valence-corrected chi connectivity index (χ1v) is 9.57. The highest BCUT2D eigenvalue weighted by Gasteiger charge is 2.27. The summed E-state index contributed by atoms with van der Waals surface area (Å²) >= 11 is 1.56. The SMILES string of the molecule is Cc1nc(COc2ccccc2C(=O)NC2CCC(C(=O)O)CC2)cs1. The molecule has 1 fully saturated rings. The fourth-order valence-electron chi connectivity index (χ4n) is 3.15. The summed E-state index contributed by atoms with van der Waals surface area (Å²) in [5.74, 6) is -0.699. The van der Waals surface area contributed by atoms with E-state index in [-0.39, 0.29) is 17.9 Å². The van der Waals surface area contributed by atoms with Crippen molar-refractivity contribution < 1.29 is 19.4 Å². The Balaban J connectivity index is 1.60. The van der Waals surface area contributed by atoms with Crippen LogP contribution in [0.2, 0.25) is 0 Å². The van der Waals surface area contributed by atoms with Gasteiger partial charge >= 0.3 is 5.97 Å². The van der Waals surface area contributed by atoms with E-state index < -0.39 is 5.97 Å². The number of carboxylic acid groups (broad SMARTS) is 1. The number of aromatic nitrogens is 1. The molecule has 0 bridgehead atoms. The Morgan fingerprint density at radius 3 is 2.65 bits per heavy atom. The monoisotopic (exact) mass is 374 g/mol. The summed E-state index contributed by atoms with van der Waals surface area (Å²) in [5.41, 5.74) is 1.33. The van der Waals surface area contributed by atoms with Crippen LogP contribution in [0.25, 0.3) is 0 Å². The highest BCUT2D eigenvalue weighted by Crippen LogP contribution is 2.26. The lowest BCUT2D eigenvalue weighted by atomic mass is 9.86. The number of nitrogens with one attached hydrogen (secondary N) is 1. The number of ether oxygens (including phenoxy) is 1. The number of nitrogens with zero attached hydrogens (tertiary/aromatic N) is 1. The molecule has 0 spiro atoms. The van der Waals surface area contributed by atoms with Crippen molar-refractivity contribution in [1.82, 2.24) is 10.3 Å². The van der Waals surface area contributed by atoms with Gasteiger partial charge in [0.15, 0.2) is 0 Å². The molecule has 0 atom stereocenters. The molecule has 3 rings (SSSR count). The fourth-order valence-corrected chi connectivity index (χ4v) is 3.75. The van der Waals surface area contributed by atoms with Crippen LogP contribution in [0.15, 0.2) is 29.6 Å². The second-order valence-corrected chi connectivity index (χ2v) is 7.57. The average molecular weight is 374 g/mol. The molecule has 7 heteroatoms. The summed E-state index contributed by atoms with van der Waals surface area (Å²) in [7, 11) is 0. The number of carboxylic acids is 1. The molecule has 0 saturated heterocycles. The van der Waals surface area contributed by atoms with Gasteiger partial charge in [-0.1, -0.05) is 12.1 Å². The first-order chi connectivity index (χ1) is 12.5. The number of carbonyl (C=O) groups excluding carboxylic acids is 1. The van der Waals surface area contributed by atoms with E-state index in [2.05, 4.69) is 10.3 Å². The van der Waals surface area contributed by atoms with E-state index in [0.29, 0.717) is 43.6 Å². The molecule has 26 heavy (non-hydrogen) atoms. The smallest absolute Gasteiger partial charge is 0.306 e. The van der Waals surface area contributed by atoms with Gasteiger partial charge in [-0.05, 0) is 44.7 Å². The molecule has 1 aliphatic rings. The van der Waals surface area contributed by atoms with Crippen LogP contribution < -0.4 is 10.1 Å². The van der Waals surface area contributed by atoms with Crippen molar-refractivity contribution in [3.8, 4) is 5.75 Å². The Bertz CT molecular complexity index is 781. The summed E-state index contributed by atoms with van der Waals surface area (Å²) < 4.78 is 5.80. The van der Waals surface area contributed by atoms with Crippen LogP contribution in [0.4, 0.5) is 0 Å². The molecule has 1 aromatic carbocycles. The Labute approximate surface area is 156 Å². The third-order valence-electron chi connectivity index (χ3n) is 4.59. The molecule has 0 unspecified atom stereocenters. The number of benzene rings is 1. The van der Waals surface area contributed by atoms with Crippen molar-refractivity contribution in [3.63, 3.8) is 0 Å². The van der Waals surface area contributed by atoms with Crippen LogP contribution in [-0.2, 0) is 11.4 Å². The summed E-state index contributed by atoms with van der Waals surface area (Å²) in [6, 6.07) is 7.15. The number of hydrogen-bond donors (Lipinski definition) is 2. The molecule has 1 heterocycles. The molecule has 6 nitrogen and oxygen atoms in total. The molecule has 1 aliphatic carbocycles. The van der Waals surface area contributed by atoms with Crippen LogP contribution in [-0.4, -0.2) is 28.0 Å². The maximum Gasteiger partial charge on any atom is 0.306 e. The van der Waals surface area contributed by atoms with Gasteiger partial charge in [0.2, 0.25) is 0 Å². The zero-order valence-electron chi connectivity index (χ0n) is 14.6. The lowest BCUT2D eigenvalue weighted by molar-refractivity contribution is -0.142. The first kappa shape index (κ1) is 18.4. The molecule has 2 aromatic rings. The van der Waals surface area contributed by atoms with Gasteiger partial charge in [0.05, 0.1) is 22.2 Å².